The van der Waals surface area contributed by atoms with E-state index in [0.29, 0.717) is 5.92 Å². The summed E-state index contributed by atoms with van der Waals surface area (Å²) in [5.74, 6) is 2.71. The van der Waals surface area contributed by atoms with Crippen molar-refractivity contribution in [2.75, 3.05) is 32.1 Å². The lowest BCUT2D eigenvalue weighted by Crippen LogP contribution is -2.29. The monoisotopic (exact) mass is 325 g/mol. The zero-order chi connectivity index (χ0) is 16.6. The van der Waals surface area contributed by atoms with Crippen LogP contribution in [0.5, 0.6) is 5.75 Å². The molecule has 2 N–H and O–H groups in total. The molecule has 128 valence electrons. The first-order valence-corrected chi connectivity index (χ1v) is 8.87. The molecule has 0 fully saturated rings. The SMILES string of the molecule is COc1cccc2c1CC(CNCCCNc1ccccn1)CC2. The van der Waals surface area contributed by atoms with Crippen LogP contribution >= 0.6 is 0 Å². The number of nitrogens with zero attached hydrogens (tertiary/aromatic N) is 1. The van der Waals surface area contributed by atoms with Crippen LogP contribution in [0, 0.1) is 5.92 Å². The Labute approximate surface area is 144 Å². The summed E-state index contributed by atoms with van der Waals surface area (Å²) in [6.45, 7) is 3.07. The third-order valence-corrected chi connectivity index (χ3v) is 4.70. The molecule has 1 atom stereocenters. The zero-order valence-corrected chi connectivity index (χ0v) is 14.4. The minimum atomic E-state index is 0.706. The Hall–Kier alpha value is -2.07. The molecule has 1 aromatic carbocycles. The first-order valence-electron chi connectivity index (χ1n) is 8.87. The summed E-state index contributed by atoms with van der Waals surface area (Å²) in [6, 6.07) is 12.4. The molecule has 24 heavy (non-hydrogen) atoms. The zero-order valence-electron chi connectivity index (χ0n) is 14.4. The number of hydrogen-bond acceptors (Lipinski definition) is 4. The number of benzene rings is 1. The molecule has 4 nitrogen and oxygen atoms in total. The van der Waals surface area contributed by atoms with Gasteiger partial charge in [0.2, 0.25) is 0 Å². The first-order chi connectivity index (χ1) is 11.9. The molecular weight excluding hydrogens is 298 g/mol. The fourth-order valence-corrected chi connectivity index (χ4v) is 3.40. The topological polar surface area (TPSA) is 46.2 Å². The van der Waals surface area contributed by atoms with Gasteiger partial charge in [-0.05, 0) is 74.0 Å². The van der Waals surface area contributed by atoms with Crippen molar-refractivity contribution in [2.45, 2.75) is 25.7 Å². The number of hydrogen-bond donors (Lipinski definition) is 2. The van der Waals surface area contributed by atoms with Crippen LogP contribution in [-0.2, 0) is 12.8 Å². The van der Waals surface area contributed by atoms with E-state index < -0.39 is 0 Å². The van der Waals surface area contributed by atoms with Crippen LogP contribution in [0.4, 0.5) is 5.82 Å². The average Bonchev–Trinajstić information content (AvgIpc) is 2.64. The standard InChI is InChI=1S/C20H27N3O/c1-24-19-7-4-6-17-10-9-16(14-18(17)19)15-21-11-5-13-23-20-8-2-3-12-22-20/h2-4,6-8,12,16,21H,5,9-11,13-15H2,1H3,(H,22,23). The van der Waals surface area contributed by atoms with Crippen LogP contribution in [0.3, 0.4) is 0 Å². The molecule has 1 aliphatic carbocycles. The van der Waals surface area contributed by atoms with Gasteiger partial charge in [0.1, 0.15) is 11.6 Å². The van der Waals surface area contributed by atoms with Gasteiger partial charge in [0, 0.05) is 12.7 Å². The van der Waals surface area contributed by atoms with Gasteiger partial charge in [-0.1, -0.05) is 18.2 Å². The highest BCUT2D eigenvalue weighted by Crippen LogP contribution is 2.31. The molecule has 0 radical (unpaired) electrons. The molecule has 0 spiro atoms. The molecule has 1 aromatic heterocycles. The molecule has 0 bridgehead atoms. The predicted octanol–water partition coefficient (Wildman–Crippen LogP) is 3.29. The molecule has 0 amide bonds. The van der Waals surface area contributed by atoms with Gasteiger partial charge in [0.25, 0.3) is 0 Å². The van der Waals surface area contributed by atoms with Gasteiger partial charge < -0.3 is 15.4 Å². The van der Waals surface area contributed by atoms with Crippen molar-refractivity contribution in [2.24, 2.45) is 5.92 Å². The van der Waals surface area contributed by atoms with E-state index in [2.05, 4.69) is 33.8 Å². The molecule has 1 aliphatic rings. The number of ether oxygens (including phenoxy) is 1. The minimum Gasteiger partial charge on any atom is -0.496 e. The second-order valence-electron chi connectivity index (χ2n) is 6.41. The predicted molar refractivity (Wildman–Crippen MR) is 98.7 cm³/mol. The van der Waals surface area contributed by atoms with Crippen molar-refractivity contribution in [3.63, 3.8) is 0 Å². The molecule has 4 heteroatoms. The lowest BCUT2D eigenvalue weighted by Gasteiger charge is -2.26. The van der Waals surface area contributed by atoms with Crippen molar-refractivity contribution in [1.29, 1.82) is 0 Å². The van der Waals surface area contributed by atoms with Gasteiger partial charge in [-0.25, -0.2) is 4.98 Å². The molecular formula is C20H27N3O. The van der Waals surface area contributed by atoms with Crippen LogP contribution in [0.25, 0.3) is 0 Å². The summed E-state index contributed by atoms with van der Waals surface area (Å²) in [5.41, 5.74) is 2.88. The van der Waals surface area contributed by atoms with E-state index in [4.69, 9.17) is 4.74 Å². The summed E-state index contributed by atoms with van der Waals surface area (Å²) in [7, 11) is 1.77. The molecule has 0 aliphatic heterocycles. The second kappa shape index (κ2) is 8.69. The number of aryl methyl sites for hydroxylation is 1. The van der Waals surface area contributed by atoms with E-state index in [9.17, 15) is 0 Å². The normalized spacial score (nSPS) is 16.5. The number of aromatic nitrogens is 1. The summed E-state index contributed by atoms with van der Waals surface area (Å²) < 4.78 is 5.53. The Morgan fingerprint density at radius 3 is 2.96 bits per heavy atom. The molecule has 3 rings (SSSR count). The van der Waals surface area contributed by atoms with Crippen LogP contribution in [0.2, 0.25) is 0 Å². The maximum atomic E-state index is 5.53. The highest BCUT2D eigenvalue weighted by Gasteiger charge is 2.20. The second-order valence-corrected chi connectivity index (χ2v) is 6.41. The first kappa shape index (κ1) is 16.8. The van der Waals surface area contributed by atoms with Gasteiger partial charge in [0.05, 0.1) is 7.11 Å². The summed E-state index contributed by atoms with van der Waals surface area (Å²) in [4.78, 5) is 4.26. The van der Waals surface area contributed by atoms with Gasteiger partial charge in [-0.2, -0.15) is 0 Å². The van der Waals surface area contributed by atoms with Crippen LogP contribution in [0.1, 0.15) is 24.0 Å². The van der Waals surface area contributed by atoms with Crippen molar-refractivity contribution in [1.82, 2.24) is 10.3 Å². The third kappa shape index (κ3) is 4.48. The smallest absolute Gasteiger partial charge is 0.125 e. The maximum absolute atomic E-state index is 5.53. The number of methoxy groups -OCH3 is 1. The average molecular weight is 325 g/mol. The van der Waals surface area contributed by atoms with E-state index in [0.717, 1.165) is 44.0 Å². The Morgan fingerprint density at radius 2 is 2.12 bits per heavy atom. The molecule has 0 saturated carbocycles. The fourth-order valence-electron chi connectivity index (χ4n) is 3.40. The molecule has 0 saturated heterocycles. The fraction of sp³-hybridized carbons (Fsp3) is 0.450. The minimum absolute atomic E-state index is 0.706. The Kier molecular flexibility index (Phi) is 6.07. The molecule has 2 aromatic rings. The van der Waals surface area contributed by atoms with E-state index >= 15 is 0 Å². The Morgan fingerprint density at radius 1 is 1.17 bits per heavy atom. The molecule has 1 heterocycles. The Balaban J connectivity index is 1.36. The van der Waals surface area contributed by atoms with Gasteiger partial charge >= 0.3 is 0 Å². The van der Waals surface area contributed by atoms with Gasteiger partial charge in [-0.15, -0.1) is 0 Å². The van der Waals surface area contributed by atoms with E-state index in [1.165, 1.54) is 24.0 Å². The van der Waals surface area contributed by atoms with Gasteiger partial charge in [-0.3, -0.25) is 0 Å². The van der Waals surface area contributed by atoms with Crippen molar-refractivity contribution < 1.29 is 4.74 Å². The van der Waals surface area contributed by atoms with Crippen molar-refractivity contribution in [3.05, 3.63) is 53.7 Å². The largest absolute Gasteiger partial charge is 0.496 e. The number of nitrogens with one attached hydrogen (secondary N) is 2. The summed E-state index contributed by atoms with van der Waals surface area (Å²) >= 11 is 0. The van der Waals surface area contributed by atoms with E-state index in [-0.39, 0.29) is 0 Å². The highest BCUT2D eigenvalue weighted by molar-refractivity contribution is 5.42. The number of rotatable bonds is 8. The third-order valence-electron chi connectivity index (χ3n) is 4.70. The summed E-state index contributed by atoms with van der Waals surface area (Å²) in [6.07, 6.45) is 6.47. The van der Waals surface area contributed by atoms with Crippen LogP contribution < -0.4 is 15.4 Å². The maximum Gasteiger partial charge on any atom is 0.125 e. The Bertz CT molecular complexity index is 616. The van der Waals surface area contributed by atoms with E-state index in [1.807, 2.05) is 24.4 Å². The molecule has 1 unspecified atom stereocenters. The highest BCUT2D eigenvalue weighted by atomic mass is 16.5. The summed E-state index contributed by atoms with van der Waals surface area (Å²) in [5, 5.41) is 6.95. The van der Waals surface area contributed by atoms with Crippen LogP contribution in [0.15, 0.2) is 42.6 Å². The lowest BCUT2D eigenvalue weighted by molar-refractivity contribution is 0.383. The number of pyridine rings is 1. The van der Waals surface area contributed by atoms with E-state index in [1.54, 1.807) is 7.11 Å². The lowest BCUT2D eigenvalue weighted by atomic mass is 9.83. The quantitative estimate of drug-likeness (QED) is 0.731. The van der Waals surface area contributed by atoms with Crippen molar-refractivity contribution in [3.8, 4) is 5.75 Å². The number of anilines is 1. The van der Waals surface area contributed by atoms with Gasteiger partial charge in [0.15, 0.2) is 0 Å². The van der Waals surface area contributed by atoms with Crippen LogP contribution in [-0.4, -0.2) is 31.7 Å². The number of fused-ring (bicyclic) bond motifs is 1. The van der Waals surface area contributed by atoms with Crippen molar-refractivity contribution >= 4 is 5.82 Å².